The first-order valence-corrected chi connectivity index (χ1v) is 8.03. The van der Waals surface area contributed by atoms with Gasteiger partial charge in [0.25, 0.3) is 0 Å². The zero-order valence-corrected chi connectivity index (χ0v) is 14.3. The van der Waals surface area contributed by atoms with Crippen molar-refractivity contribution in [1.29, 1.82) is 0 Å². The molecule has 2 aromatic rings. The van der Waals surface area contributed by atoms with E-state index in [0.717, 1.165) is 13.1 Å². The highest BCUT2D eigenvalue weighted by Crippen LogP contribution is 2.24. The third-order valence-electron chi connectivity index (χ3n) is 3.67. The Balaban J connectivity index is 1.74. The molecule has 0 radical (unpaired) electrons. The smallest absolute Gasteiger partial charge is 0.248 e. The molecule has 8 nitrogen and oxygen atoms in total. The van der Waals surface area contributed by atoms with E-state index in [9.17, 15) is 4.79 Å². The van der Waals surface area contributed by atoms with Crippen molar-refractivity contribution >= 4 is 29.4 Å². The monoisotopic (exact) mass is 343 g/mol. The Labute approximate surface area is 146 Å². The van der Waals surface area contributed by atoms with Gasteiger partial charge in [0, 0.05) is 33.3 Å². The number of rotatable bonds is 5. The molecular formula is C17H21N5O3. The fourth-order valence-corrected chi connectivity index (χ4v) is 2.43. The van der Waals surface area contributed by atoms with Crippen LogP contribution in [-0.2, 0) is 9.53 Å². The topological polar surface area (TPSA) is 83.7 Å². The van der Waals surface area contributed by atoms with Crippen LogP contribution in [-0.4, -0.2) is 56.3 Å². The van der Waals surface area contributed by atoms with Crippen LogP contribution in [0, 0.1) is 0 Å². The summed E-state index contributed by atoms with van der Waals surface area (Å²) in [6.07, 6.45) is 6.20. The minimum Gasteiger partial charge on any atom is -0.465 e. The van der Waals surface area contributed by atoms with E-state index in [4.69, 9.17) is 9.15 Å². The molecule has 3 rings (SSSR count). The van der Waals surface area contributed by atoms with E-state index in [1.165, 1.54) is 6.08 Å². The molecule has 1 fully saturated rings. The molecule has 132 valence electrons. The summed E-state index contributed by atoms with van der Waals surface area (Å²) in [6.45, 7) is 2.84. The standard InChI is InChI=1S/C17H21N5O3/c1-21(2)16-14(19-15(23)6-5-13-4-3-9-25-13)12-18-17(20-16)22-7-10-24-11-8-22/h3-6,9,12H,7-8,10-11H2,1-2H3,(H,19,23). The lowest BCUT2D eigenvalue weighted by Gasteiger charge is -2.28. The van der Waals surface area contributed by atoms with E-state index in [0.29, 0.717) is 36.4 Å². The van der Waals surface area contributed by atoms with Gasteiger partial charge in [-0.15, -0.1) is 0 Å². The molecule has 1 N–H and O–H groups in total. The number of morpholine rings is 1. The molecule has 3 heterocycles. The van der Waals surface area contributed by atoms with Gasteiger partial charge in [-0.3, -0.25) is 4.79 Å². The third-order valence-corrected chi connectivity index (χ3v) is 3.67. The van der Waals surface area contributed by atoms with Gasteiger partial charge in [0.15, 0.2) is 5.82 Å². The molecule has 1 aliphatic heterocycles. The summed E-state index contributed by atoms with van der Waals surface area (Å²) >= 11 is 0. The van der Waals surface area contributed by atoms with E-state index >= 15 is 0 Å². The van der Waals surface area contributed by atoms with Gasteiger partial charge < -0.3 is 24.3 Å². The summed E-state index contributed by atoms with van der Waals surface area (Å²) in [7, 11) is 3.75. The summed E-state index contributed by atoms with van der Waals surface area (Å²) in [4.78, 5) is 25.0. The van der Waals surface area contributed by atoms with Crippen molar-refractivity contribution in [2.75, 3.05) is 55.5 Å². The predicted molar refractivity (Wildman–Crippen MR) is 95.8 cm³/mol. The van der Waals surface area contributed by atoms with Crippen LogP contribution < -0.4 is 15.1 Å². The van der Waals surface area contributed by atoms with E-state index in [1.54, 1.807) is 30.7 Å². The number of ether oxygens (including phenoxy) is 1. The Bertz CT molecular complexity index is 737. The van der Waals surface area contributed by atoms with Crippen LogP contribution in [0.1, 0.15) is 5.76 Å². The zero-order chi connectivity index (χ0) is 17.6. The molecule has 8 heteroatoms. The van der Waals surface area contributed by atoms with Crippen molar-refractivity contribution in [3.63, 3.8) is 0 Å². The number of furan rings is 1. The molecule has 25 heavy (non-hydrogen) atoms. The van der Waals surface area contributed by atoms with E-state index in [-0.39, 0.29) is 5.91 Å². The number of aromatic nitrogens is 2. The zero-order valence-electron chi connectivity index (χ0n) is 14.3. The third kappa shape index (κ3) is 4.36. The first-order valence-electron chi connectivity index (χ1n) is 8.03. The molecule has 1 amide bonds. The van der Waals surface area contributed by atoms with Gasteiger partial charge in [0.1, 0.15) is 11.4 Å². The van der Waals surface area contributed by atoms with Gasteiger partial charge in [0.05, 0.1) is 25.7 Å². The van der Waals surface area contributed by atoms with Crippen LogP contribution in [0.15, 0.2) is 35.1 Å². The first-order chi connectivity index (χ1) is 12.1. The molecular weight excluding hydrogens is 322 g/mol. The number of carbonyl (C=O) groups is 1. The average molecular weight is 343 g/mol. The number of anilines is 3. The van der Waals surface area contributed by atoms with Crippen molar-refractivity contribution in [3.05, 3.63) is 36.4 Å². The Hall–Kier alpha value is -2.87. The van der Waals surface area contributed by atoms with Gasteiger partial charge in [0.2, 0.25) is 11.9 Å². The second-order valence-electron chi connectivity index (χ2n) is 5.74. The molecule has 1 aliphatic rings. The summed E-state index contributed by atoms with van der Waals surface area (Å²) in [5.74, 6) is 1.62. The lowest BCUT2D eigenvalue weighted by atomic mass is 10.3. The highest BCUT2D eigenvalue weighted by molar-refractivity contribution is 6.03. The summed E-state index contributed by atoms with van der Waals surface area (Å²) in [6, 6.07) is 3.54. The van der Waals surface area contributed by atoms with Crippen molar-refractivity contribution < 1.29 is 13.9 Å². The number of nitrogens with zero attached hydrogens (tertiary/aromatic N) is 4. The highest BCUT2D eigenvalue weighted by Gasteiger charge is 2.17. The quantitative estimate of drug-likeness (QED) is 0.826. The van der Waals surface area contributed by atoms with Gasteiger partial charge >= 0.3 is 0 Å². The maximum absolute atomic E-state index is 12.1. The number of carbonyl (C=O) groups excluding carboxylic acids is 1. The molecule has 2 aromatic heterocycles. The largest absolute Gasteiger partial charge is 0.465 e. The minimum atomic E-state index is -0.276. The molecule has 0 spiro atoms. The van der Waals surface area contributed by atoms with Crippen molar-refractivity contribution in [2.45, 2.75) is 0 Å². The lowest BCUT2D eigenvalue weighted by molar-refractivity contribution is -0.111. The second kappa shape index (κ2) is 7.80. The first kappa shape index (κ1) is 17.0. The van der Waals surface area contributed by atoms with E-state index in [1.807, 2.05) is 19.0 Å². The van der Waals surface area contributed by atoms with Crippen molar-refractivity contribution in [3.8, 4) is 0 Å². The Morgan fingerprint density at radius 3 is 2.84 bits per heavy atom. The fourth-order valence-electron chi connectivity index (χ4n) is 2.43. The van der Waals surface area contributed by atoms with Gasteiger partial charge in [-0.05, 0) is 18.2 Å². The predicted octanol–water partition coefficient (Wildman–Crippen LogP) is 1.62. The number of hydrogen-bond donors (Lipinski definition) is 1. The molecule has 0 aliphatic carbocycles. The maximum atomic E-state index is 12.1. The van der Waals surface area contributed by atoms with Crippen LogP contribution in [0.5, 0.6) is 0 Å². The second-order valence-corrected chi connectivity index (χ2v) is 5.74. The SMILES string of the molecule is CN(C)c1nc(N2CCOCC2)ncc1NC(=O)C=Cc1ccco1. The molecule has 0 saturated carbocycles. The van der Waals surface area contributed by atoms with Crippen LogP contribution in [0.3, 0.4) is 0 Å². The molecule has 1 saturated heterocycles. The van der Waals surface area contributed by atoms with Crippen molar-refractivity contribution in [2.24, 2.45) is 0 Å². The molecule has 0 aromatic carbocycles. The number of amides is 1. The van der Waals surface area contributed by atoms with Gasteiger partial charge in [-0.2, -0.15) is 4.98 Å². The maximum Gasteiger partial charge on any atom is 0.248 e. The van der Waals surface area contributed by atoms with Crippen LogP contribution in [0.4, 0.5) is 17.5 Å². The summed E-state index contributed by atoms with van der Waals surface area (Å²) in [5.41, 5.74) is 0.552. The summed E-state index contributed by atoms with van der Waals surface area (Å²) in [5, 5.41) is 2.81. The van der Waals surface area contributed by atoms with Crippen LogP contribution >= 0.6 is 0 Å². The Kier molecular flexibility index (Phi) is 5.30. The van der Waals surface area contributed by atoms with Crippen LogP contribution in [0.2, 0.25) is 0 Å². The number of nitrogens with one attached hydrogen (secondary N) is 1. The Morgan fingerprint density at radius 1 is 1.36 bits per heavy atom. The van der Waals surface area contributed by atoms with Gasteiger partial charge in [-0.25, -0.2) is 4.98 Å². The van der Waals surface area contributed by atoms with Crippen molar-refractivity contribution in [1.82, 2.24) is 9.97 Å². The average Bonchev–Trinajstić information content (AvgIpc) is 3.14. The minimum absolute atomic E-state index is 0.276. The van der Waals surface area contributed by atoms with E-state index < -0.39 is 0 Å². The Morgan fingerprint density at radius 2 is 2.16 bits per heavy atom. The number of hydrogen-bond acceptors (Lipinski definition) is 7. The summed E-state index contributed by atoms with van der Waals surface area (Å²) < 4.78 is 10.5. The van der Waals surface area contributed by atoms with Gasteiger partial charge in [-0.1, -0.05) is 0 Å². The normalized spacial score (nSPS) is 14.7. The molecule has 0 bridgehead atoms. The molecule has 0 unspecified atom stereocenters. The van der Waals surface area contributed by atoms with Crippen LogP contribution in [0.25, 0.3) is 6.08 Å². The molecule has 0 atom stereocenters. The highest BCUT2D eigenvalue weighted by atomic mass is 16.5. The van der Waals surface area contributed by atoms with E-state index in [2.05, 4.69) is 20.2 Å². The lowest BCUT2D eigenvalue weighted by Crippen LogP contribution is -2.37. The fraction of sp³-hybridized carbons (Fsp3) is 0.353.